The monoisotopic (exact) mass is 297 g/mol. The molecule has 1 aliphatic carbocycles. The smallest absolute Gasteiger partial charge is 0.305 e. The molecule has 0 spiro atoms. The third kappa shape index (κ3) is 6.51. The molecule has 2 atom stereocenters. The van der Waals surface area contributed by atoms with Gasteiger partial charge in [0.2, 0.25) is 6.54 Å². The Morgan fingerprint density at radius 1 is 1.43 bits per heavy atom. The second-order valence-electron chi connectivity index (χ2n) is 5.40. The molecule has 1 fully saturated rings. The first-order valence-corrected chi connectivity index (χ1v) is 7.41. The predicted molar refractivity (Wildman–Crippen MR) is 77.3 cm³/mol. The molecule has 0 aliphatic heterocycles. The van der Waals surface area contributed by atoms with Gasteiger partial charge in [-0.15, -0.1) is 0 Å². The van der Waals surface area contributed by atoms with E-state index in [1.807, 2.05) is 12.2 Å². The molecule has 0 saturated heterocycles. The van der Waals surface area contributed by atoms with Gasteiger partial charge < -0.3 is 4.74 Å². The Morgan fingerprint density at radius 3 is 2.81 bits per heavy atom. The van der Waals surface area contributed by atoms with Crippen molar-refractivity contribution in [2.75, 3.05) is 13.7 Å². The molecule has 0 aromatic rings. The Bertz CT molecular complexity index is 405. The number of carbonyl (C=O) groups is 2. The minimum Gasteiger partial charge on any atom is -0.469 e. The van der Waals surface area contributed by atoms with Crippen molar-refractivity contribution in [3.05, 3.63) is 22.3 Å². The zero-order chi connectivity index (χ0) is 15.7. The number of ether oxygens (including phenoxy) is 1. The van der Waals surface area contributed by atoms with Crippen LogP contribution in [0.2, 0.25) is 0 Å². The van der Waals surface area contributed by atoms with Crippen molar-refractivity contribution in [1.29, 1.82) is 0 Å². The molecule has 0 heterocycles. The van der Waals surface area contributed by atoms with E-state index >= 15 is 0 Å². The van der Waals surface area contributed by atoms with Crippen molar-refractivity contribution in [2.24, 2.45) is 11.8 Å². The summed E-state index contributed by atoms with van der Waals surface area (Å²) in [5, 5.41) is 10.6. The Hall–Kier alpha value is -1.72. The average molecular weight is 297 g/mol. The fraction of sp³-hybridized carbons (Fsp3) is 0.733. The first kappa shape index (κ1) is 17.3. The van der Waals surface area contributed by atoms with Gasteiger partial charge in [0.05, 0.1) is 7.11 Å². The third-order valence-corrected chi connectivity index (χ3v) is 3.92. The molecule has 1 aliphatic rings. The van der Waals surface area contributed by atoms with Crippen LogP contribution in [0.4, 0.5) is 0 Å². The first-order chi connectivity index (χ1) is 10.0. The summed E-state index contributed by atoms with van der Waals surface area (Å²) in [6, 6.07) is 0. The zero-order valence-corrected chi connectivity index (χ0v) is 12.5. The summed E-state index contributed by atoms with van der Waals surface area (Å²) in [5.41, 5.74) is 0. The Kier molecular flexibility index (Phi) is 7.64. The molecule has 0 bridgehead atoms. The van der Waals surface area contributed by atoms with Gasteiger partial charge in [-0.1, -0.05) is 12.2 Å². The van der Waals surface area contributed by atoms with Gasteiger partial charge in [0.25, 0.3) is 0 Å². The molecular weight excluding hydrogens is 274 g/mol. The number of unbranched alkanes of at least 4 members (excludes halogenated alkanes) is 1. The third-order valence-electron chi connectivity index (χ3n) is 3.92. The van der Waals surface area contributed by atoms with Gasteiger partial charge >= 0.3 is 5.97 Å². The molecule has 6 heteroatoms. The number of nitro groups is 1. The van der Waals surface area contributed by atoms with Gasteiger partial charge in [0.1, 0.15) is 5.78 Å². The summed E-state index contributed by atoms with van der Waals surface area (Å²) in [6.45, 7) is -0.0919. The van der Waals surface area contributed by atoms with Gasteiger partial charge in [-0.05, 0) is 32.1 Å². The topological polar surface area (TPSA) is 86.5 Å². The summed E-state index contributed by atoms with van der Waals surface area (Å²) in [6.07, 6.45) is 8.48. The number of ketones is 1. The lowest BCUT2D eigenvalue weighted by Crippen LogP contribution is -2.21. The van der Waals surface area contributed by atoms with Crippen LogP contribution >= 0.6 is 0 Å². The Morgan fingerprint density at radius 2 is 2.14 bits per heavy atom. The number of hydrogen-bond acceptors (Lipinski definition) is 5. The van der Waals surface area contributed by atoms with Crippen molar-refractivity contribution in [3.63, 3.8) is 0 Å². The van der Waals surface area contributed by atoms with Crippen LogP contribution in [0.1, 0.15) is 44.9 Å². The SMILES string of the molecule is COC(=O)CC/C=C/CCC[C@H]1C(=O)CC[C@@H]1C[N+](=O)[O-]. The molecule has 0 amide bonds. The second kappa shape index (κ2) is 9.26. The van der Waals surface area contributed by atoms with Crippen LogP contribution in [0.15, 0.2) is 12.2 Å². The summed E-state index contributed by atoms with van der Waals surface area (Å²) >= 11 is 0. The van der Waals surface area contributed by atoms with Crippen LogP contribution in [0, 0.1) is 22.0 Å². The summed E-state index contributed by atoms with van der Waals surface area (Å²) in [5.74, 6) is -0.273. The lowest BCUT2D eigenvalue weighted by atomic mass is 9.90. The fourth-order valence-electron chi connectivity index (χ4n) is 2.78. The average Bonchev–Trinajstić information content (AvgIpc) is 2.77. The molecule has 1 rings (SSSR count). The summed E-state index contributed by atoms with van der Waals surface area (Å²) < 4.78 is 4.54. The van der Waals surface area contributed by atoms with E-state index in [0.29, 0.717) is 25.7 Å². The maximum atomic E-state index is 11.7. The lowest BCUT2D eigenvalue weighted by molar-refractivity contribution is -0.489. The quantitative estimate of drug-likeness (QED) is 0.214. The van der Waals surface area contributed by atoms with Crippen LogP contribution in [-0.4, -0.2) is 30.3 Å². The van der Waals surface area contributed by atoms with Gasteiger partial charge in [0, 0.05) is 29.6 Å². The molecule has 21 heavy (non-hydrogen) atoms. The van der Waals surface area contributed by atoms with Crippen LogP contribution in [0.5, 0.6) is 0 Å². The first-order valence-electron chi connectivity index (χ1n) is 7.41. The van der Waals surface area contributed by atoms with Gasteiger partial charge in [-0.25, -0.2) is 0 Å². The number of Topliss-reactive ketones (excluding diaryl/α,β-unsaturated/α-hetero) is 1. The molecular formula is C15H23NO5. The predicted octanol–water partition coefficient (Wildman–Crippen LogP) is 2.54. The van der Waals surface area contributed by atoms with E-state index in [0.717, 1.165) is 19.3 Å². The van der Waals surface area contributed by atoms with Crippen molar-refractivity contribution >= 4 is 11.8 Å². The highest BCUT2D eigenvalue weighted by molar-refractivity contribution is 5.83. The molecule has 118 valence electrons. The van der Waals surface area contributed by atoms with Crippen molar-refractivity contribution < 1.29 is 19.2 Å². The zero-order valence-electron chi connectivity index (χ0n) is 12.5. The van der Waals surface area contributed by atoms with Crippen molar-refractivity contribution in [1.82, 2.24) is 0 Å². The molecule has 6 nitrogen and oxygen atoms in total. The molecule has 0 aromatic heterocycles. The number of hydrogen-bond donors (Lipinski definition) is 0. The van der Waals surface area contributed by atoms with Crippen LogP contribution in [0.25, 0.3) is 0 Å². The minimum absolute atomic E-state index is 0.0872. The van der Waals surface area contributed by atoms with E-state index in [4.69, 9.17) is 0 Å². The molecule has 0 N–H and O–H groups in total. The van der Waals surface area contributed by atoms with E-state index in [2.05, 4.69) is 4.74 Å². The van der Waals surface area contributed by atoms with E-state index in [-0.39, 0.29) is 35.1 Å². The van der Waals surface area contributed by atoms with E-state index in [9.17, 15) is 19.7 Å². The van der Waals surface area contributed by atoms with Gasteiger partial charge in [-0.3, -0.25) is 19.7 Å². The summed E-state index contributed by atoms with van der Waals surface area (Å²) in [7, 11) is 1.37. The maximum absolute atomic E-state index is 11.7. The van der Waals surface area contributed by atoms with Gasteiger partial charge in [-0.2, -0.15) is 0 Å². The van der Waals surface area contributed by atoms with Crippen LogP contribution in [-0.2, 0) is 14.3 Å². The fourth-order valence-corrected chi connectivity index (χ4v) is 2.78. The molecule has 0 aromatic carbocycles. The highest BCUT2D eigenvalue weighted by atomic mass is 16.6. The highest BCUT2D eigenvalue weighted by Gasteiger charge is 2.36. The number of nitrogens with zero attached hydrogens (tertiary/aromatic N) is 1. The standard InChI is InChI=1S/C15H23NO5/c1-21-15(18)8-6-4-2-3-5-7-13-12(11-16(19)20)9-10-14(13)17/h2,4,12-13H,3,5-11H2,1H3/b4-2+/t12-,13-/m1/s1. The lowest BCUT2D eigenvalue weighted by Gasteiger charge is -2.13. The van der Waals surface area contributed by atoms with Crippen molar-refractivity contribution in [3.8, 4) is 0 Å². The van der Waals surface area contributed by atoms with Gasteiger partial charge in [0.15, 0.2) is 0 Å². The number of allylic oxidation sites excluding steroid dienone is 2. The Labute approximate surface area is 124 Å². The highest BCUT2D eigenvalue weighted by Crippen LogP contribution is 2.32. The number of carbonyl (C=O) groups excluding carboxylic acids is 2. The number of rotatable bonds is 9. The van der Waals surface area contributed by atoms with Crippen molar-refractivity contribution in [2.45, 2.75) is 44.9 Å². The van der Waals surface area contributed by atoms with E-state index < -0.39 is 0 Å². The Balaban J connectivity index is 2.21. The number of methoxy groups -OCH3 is 1. The normalized spacial score (nSPS) is 21.9. The van der Waals surface area contributed by atoms with E-state index in [1.54, 1.807) is 0 Å². The minimum atomic E-state index is -0.316. The second-order valence-corrected chi connectivity index (χ2v) is 5.40. The molecule has 1 saturated carbocycles. The molecule has 0 unspecified atom stereocenters. The largest absolute Gasteiger partial charge is 0.469 e. The maximum Gasteiger partial charge on any atom is 0.305 e. The van der Waals surface area contributed by atoms with E-state index in [1.165, 1.54) is 7.11 Å². The van der Waals surface area contributed by atoms with Crippen LogP contribution < -0.4 is 0 Å². The molecule has 0 radical (unpaired) electrons. The van der Waals surface area contributed by atoms with Crippen LogP contribution in [0.3, 0.4) is 0 Å². The summed E-state index contributed by atoms with van der Waals surface area (Å²) in [4.78, 5) is 32.9. The number of esters is 1.